The highest BCUT2D eigenvalue weighted by Gasteiger charge is 2.16. The minimum Gasteiger partial charge on any atom is -0.338 e. The minimum atomic E-state index is -0.264. The molecule has 1 aromatic heterocycles. The average Bonchev–Trinajstić information content (AvgIpc) is 3.02. The van der Waals surface area contributed by atoms with Crippen molar-refractivity contribution in [3.8, 4) is 11.4 Å². The molecule has 0 saturated carbocycles. The van der Waals surface area contributed by atoms with Crippen molar-refractivity contribution in [3.63, 3.8) is 0 Å². The topological polar surface area (TPSA) is 42.2 Å². The number of rotatable bonds is 3. The predicted octanol–water partition coefficient (Wildman–Crippen LogP) is 2.47. The molecule has 1 aliphatic rings. The van der Waals surface area contributed by atoms with Gasteiger partial charge in [-0.3, -0.25) is 4.90 Å². The van der Waals surface area contributed by atoms with E-state index in [2.05, 4.69) is 15.0 Å². The first-order valence-electron chi connectivity index (χ1n) is 6.12. The van der Waals surface area contributed by atoms with E-state index in [0.717, 1.165) is 18.7 Å². The Hall–Kier alpha value is -1.75. The van der Waals surface area contributed by atoms with E-state index in [1.807, 2.05) is 0 Å². The zero-order valence-corrected chi connectivity index (χ0v) is 9.97. The number of halogens is 1. The van der Waals surface area contributed by atoms with Crippen LogP contribution in [0.5, 0.6) is 0 Å². The van der Waals surface area contributed by atoms with E-state index in [4.69, 9.17) is 4.52 Å². The fourth-order valence-electron chi connectivity index (χ4n) is 2.17. The maximum Gasteiger partial charge on any atom is 0.241 e. The van der Waals surface area contributed by atoms with Crippen LogP contribution in [0.15, 0.2) is 28.8 Å². The molecule has 1 aliphatic heterocycles. The lowest BCUT2D eigenvalue weighted by Crippen LogP contribution is -2.18. The van der Waals surface area contributed by atoms with Crippen molar-refractivity contribution in [1.82, 2.24) is 15.0 Å². The van der Waals surface area contributed by atoms with Gasteiger partial charge in [-0.25, -0.2) is 4.39 Å². The van der Waals surface area contributed by atoms with E-state index in [9.17, 15) is 4.39 Å². The average molecular weight is 247 g/mol. The summed E-state index contributed by atoms with van der Waals surface area (Å²) in [6.07, 6.45) is 2.47. The van der Waals surface area contributed by atoms with Gasteiger partial charge in [-0.05, 0) is 50.2 Å². The lowest BCUT2D eigenvalue weighted by atomic mass is 10.2. The van der Waals surface area contributed by atoms with Gasteiger partial charge in [-0.15, -0.1) is 0 Å². The number of likely N-dealkylation sites (tertiary alicyclic amines) is 1. The third kappa shape index (κ3) is 2.41. The molecule has 0 N–H and O–H groups in total. The zero-order valence-electron chi connectivity index (χ0n) is 9.97. The molecule has 1 aromatic carbocycles. The number of hydrogen-bond acceptors (Lipinski definition) is 4. The highest BCUT2D eigenvalue weighted by atomic mass is 19.1. The van der Waals surface area contributed by atoms with E-state index in [1.54, 1.807) is 12.1 Å². The maximum atomic E-state index is 12.8. The first kappa shape index (κ1) is 11.3. The SMILES string of the molecule is Fc1ccc(-c2noc(CN3CCCC3)n2)cc1. The highest BCUT2D eigenvalue weighted by molar-refractivity contribution is 5.53. The number of hydrogen-bond donors (Lipinski definition) is 0. The second kappa shape index (κ2) is 4.86. The van der Waals surface area contributed by atoms with Crippen molar-refractivity contribution in [2.24, 2.45) is 0 Å². The predicted molar refractivity (Wildman–Crippen MR) is 64.2 cm³/mol. The normalized spacial score (nSPS) is 16.3. The molecule has 0 atom stereocenters. The van der Waals surface area contributed by atoms with E-state index >= 15 is 0 Å². The summed E-state index contributed by atoms with van der Waals surface area (Å²) in [6, 6.07) is 6.09. The Labute approximate surface area is 104 Å². The van der Waals surface area contributed by atoms with Crippen LogP contribution in [0.1, 0.15) is 18.7 Å². The molecule has 0 bridgehead atoms. The standard InChI is InChI=1S/C13H14FN3O/c14-11-5-3-10(4-6-11)13-15-12(18-16-13)9-17-7-1-2-8-17/h3-6H,1-2,7-9H2. The van der Waals surface area contributed by atoms with Crippen LogP contribution in [0.25, 0.3) is 11.4 Å². The van der Waals surface area contributed by atoms with Crippen molar-refractivity contribution in [3.05, 3.63) is 36.0 Å². The summed E-state index contributed by atoms with van der Waals surface area (Å²) >= 11 is 0. The molecule has 0 spiro atoms. The molecule has 18 heavy (non-hydrogen) atoms. The van der Waals surface area contributed by atoms with E-state index < -0.39 is 0 Å². The van der Waals surface area contributed by atoms with Crippen LogP contribution in [-0.4, -0.2) is 28.1 Å². The van der Waals surface area contributed by atoms with Gasteiger partial charge in [0.15, 0.2) is 0 Å². The van der Waals surface area contributed by atoms with Crippen LogP contribution in [0.3, 0.4) is 0 Å². The van der Waals surface area contributed by atoms with Crippen LogP contribution < -0.4 is 0 Å². The number of benzene rings is 1. The Morgan fingerprint density at radius 3 is 2.61 bits per heavy atom. The van der Waals surface area contributed by atoms with E-state index in [0.29, 0.717) is 18.3 Å². The Morgan fingerprint density at radius 1 is 1.17 bits per heavy atom. The van der Waals surface area contributed by atoms with E-state index in [1.165, 1.54) is 25.0 Å². The summed E-state index contributed by atoms with van der Waals surface area (Å²) in [5.41, 5.74) is 0.771. The Morgan fingerprint density at radius 2 is 1.89 bits per heavy atom. The lowest BCUT2D eigenvalue weighted by Gasteiger charge is -2.09. The fraction of sp³-hybridized carbons (Fsp3) is 0.385. The third-order valence-electron chi connectivity index (χ3n) is 3.13. The summed E-state index contributed by atoms with van der Waals surface area (Å²) in [5.74, 6) is 0.875. The maximum absolute atomic E-state index is 12.8. The van der Waals surface area contributed by atoms with Gasteiger partial charge in [0.25, 0.3) is 0 Å². The molecule has 0 unspecified atom stereocenters. The van der Waals surface area contributed by atoms with Gasteiger partial charge in [-0.2, -0.15) is 4.98 Å². The van der Waals surface area contributed by atoms with E-state index in [-0.39, 0.29) is 5.82 Å². The molecule has 1 fully saturated rings. The van der Waals surface area contributed by atoms with Crippen LogP contribution in [0.2, 0.25) is 0 Å². The second-order valence-electron chi connectivity index (χ2n) is 4.50. The van der Waals surface area contributed by atoms with Crippen molar-refractivity contribution in [2.75, 3.05) is 13.1 Å². The van der Waals surface area contributed by atoms with Gasteiger partial charge < -0.3 is 4.52 Å². The van der Waals surface area contributed by atoms with Crippen LogP contribution in [-0.2, 0) is 6.54 Å². The third-order valence-corrected chi connectivity index (χ3v) is 3.13. The first-order chi connectivity index (χ1) is 8.81. The molecule has 94 valence electrons. The molecule has 4 nitrogen and oxygen atoms in total. The number of nitrogens with zero attached hydrogens (tertiary/aromatic N) is 3. The van der Waals surface area contributed by atoms with Crippen molar-refractivity contribution < 1.29 is 8.91 Å². The Balaban J connectivity index is 1.74. The molecule has 2 heterocycles. The first-order valence-corrected chi connectivity index (χ1v) is 6.12. The molecule has 0 radical (unpaired) electrons. The van der Waals surface area contributed by atoms with Gasteiger partial charge in [0, 0.05) is 5.56 Å². The Bertz CT molecular complexity index is 517. The minimum absolute atomic E-state index is 0.264. The molecule has 3 rings (SSSR count). The summed E-state index contributed by atoms with van der Waals surface area (Å²) < 4.78 is 18.0. The summed E-state index contributed by atoms with van der Waals surface area (Å²) in [7, 11) is 0. The monoisotopic (exact) mass is 247 g/mol. The molecule has 2 aromatic rings. The highest BCUT2D eigenvalue weighted by Crippen LogP contribution is 2.17. The smallest absolute Gasteiger partial charge is 0.241 e. The summed E-state index contributed by atoms with van der Waals surface area (Å²) in [6.45, 7) is 2.89. The lowest BCUT2D eigenvalue weighted by molar-refractivity contribution is 0.268. The van der Waals surface area contributed by atoms with Crippen molar-refractivity contribution >= 4 is 0 Å². The molecule has 0 aliphatic carbocycles. The van der Waals surface area contributed by atoms with Crippen LogP contribution >= 0.6 is 0 Å². The number of aromatic nitrogens is 2. The second-order valence-corrected chi connectivity index (χ2v) is 4.50. The van der Waals surface area contributed by atoms with Crippen molar-refractivity contribution in [1.29, 1.82) is 0 Å². The molecular weight excluding hydrogens is 233 g/mol. The molecule has 0 amide bonds. The van der Waals surface area contributed by atoms with Crippen molar-refractivity contribution in [2.45, 2.75) is 19.4 Å². The van der Waals surface area contributed by atoms with Crippen LogP contribution in [0.4, 0.5) is 4.39 Å². The van der Waals surface area contributed by atoms with Gasteiger partial charge in [0.1, 0.15) is 5.82 Å². The zero-order chi connectivity index (χ0) is 12.4. The molecule has 5 heteroatoms. The molecular formula is C13H14FN3O. The van der Waals surface area contributed by atoms with Gasteiger partial charge in [0.2, 0.25) is 11.7 Å². The van der Waals surface area contributed by atoms with Crippen LogP contribution in [0, 0.1) is 5.82 Å². The summed E-state index contributed by atoms with van der Waals surface area (Å²) in [5, 5.41) is 3.92. The van der Waals surface area contributed by atoms with Gasteiger partial charge in [-0.1, -0.05) is 5.16 Å². The quantitative estimate of drug-likeness (QED) is 0.835. The molecule has 1 saturated heterocycles. The largest absolute Gasteiger partial charge is 0.338 e. The van der Waals surface area contributed by atoms with Gasteiger partial charge in [0.05, 0.1) is 6.54 Å². The van der Waals surface area contributed by atoms with Gasteiger partial charge >= 0.3 is 0 Å². The fourth-order valence-corrected chi connectivity index (χ4v) is 2.17. The summed E-state index contributed by atoms with van der Waals surface area (Å²) in [4.78, 5) is 6.63. The Kier molecular flexibility index (Phi) is 3.06.